The van der Waals surface area contributed by atoms with Crippen LogP contribution in [0.4, 0.5) is 0 Å². The standard InChI is InChI=1S/C14H13Cl2O3PS/c1-2-21-20(17,18-13-9-5-3-7-11(13)15)19-14-10-6-4-8-12(14)16/h3-10H,2H2,1H3. The molecule has 0 bridgehead atoms. The monoisotopic (exact) mass is 362 g/mol. The maximum absolute atomic E-state index is 12.9. The van der Waals surface area contributed by atoms with Crippen LogP contribution in [0.5, 0.6) is 11.5 Å². The number of rotatable bonds is 6. The van der Waals surface area contributed by atoms with Gasteiger partial charge in [0.1, 0.15) is 11.5 Å². The zero-order valence-electron chi connectivity index (χ0n) is 11.2. The lowest BCUT2D eigenvalue weighted by Gasteiger charge is -2.19. The van der Waals surface area contributed by atoms with Gasteiger partial charge in [0.2, 0.25) is 0 Å². The van der Waals surface area contributed by atoms with E-state index < -0.39 is 6.80 Å². The van der Waals surface area contributed by atoms with Crippen LogP contribution in [0, 0.1) is 0 Å². The largest absolute Gasteiger partial charge is 0.492 e. The molecule has 0 fully saturated rings. The molecular weight excluding hydrogens is 350 g/mol. The average Bonchev–Trinajstić information content (AvgIpc) is 2.44. The van der Waals surface area contributed by atoms with Crippen molar-refractivity contribution in [1.82, 2.24) is 0 Å². The van der Waals surface area contributed by atoms with Crippen LogP contribution in [0.25, 0.3) is 0 Å². The fourth-order valence-corrected chi connectivity index (χ4v) is 4.97. The van der Waals surface area contributed by atoms with Gasteiger partial charge in [-0.1, -0.05) is 54.4 Å². The summed E-state index contributed by atoms with van der Waals surface area (Å²) in [5.74, 6) is 1.19. The minimum atomic E-state index is -3.47. The highest BCUT2D eigenvalue weighted by atomic mass is 35.5. The summed E-state index contributed by atoms with van der Waals surface area (Å²) >= 11 is 13.1. The fourth-order valence-electron chi connectivity index (χ4n) is 1.51. The van der Waals surface area contributed by atoms with E-state index in [2.05, 4.69) is 0 Å². The molecule has 7 heteroatoms. The molecule has 0 radical (unpaired) electrons. The van der Waals surface area contributed by atoms with Gasteiger partial charge in [0.05, 0.1) is 10.0 Å². The molecule has 0 aliphatic carbocycles. The van der Waals surface area contributed by atoms with Gasteiger partial charge >= 0.3 is 6.80 Å². The quantitative estimate of drug-likeness (QED) is 0.563. The van der Waals surface area contributed by atoms with E-state index in [1.165, 1.54) is 0 Å². The molecule has 3 nitrogen and oxygen atoms in total. The molecule has 112 valence electrons. The van der Waals surface area contributed by atoms with Gasteiger partial charge in [-0.2, -0.15) is 0 Å². The molecule has 0 amide bonds. The molecule has 0 N–H and O–H groups in total. The first-order chi connectivity index (χ1) is 10.0. The van der Waals surface area contributed by atoms with Crippen LogP contribution in [0.15, 0.2) is 48.5 Å². The van der Waals surface area contributed by atoms with Gasteiger partial charge in [-0.25, -0.2) is 4.57 Å². The Morgan fingerprint density at radius 1 is 0.952 bits per heavy atom. The van der Waals surface area contributed by atoms with Crippen molar-refractivity contribution in [2.24, 2.45) is 0 Å². The predicted octanol–water partition coefficient (Wildman–Crippen LogP) is 6.31. The van der Waals surface area contributed by atoms with Crippen molar-refractivity contribution in [3.05, 3.63) is 58.6 Å². The molecule has 0 aliphatic heterocycles. The molecular formula is C14H13Cl2O3PS. The van der Waals surface area contributed by atoms with Crippen LogP contribution in [-0.4, -0.2) is 5.75 Å². The summed E-state index contributed by atoms with van der Waals surface area (Å²) in [5.41, 5.74) is 0. The third-order valence-corrected chi connectivity index (χ3v) is 6.59. The zero-order chi connectivity index (χ0) is 15.3. The summed E-state index contributed by atoms with van der Waals surface area (Å²) in [6, 6.07) is 13.6. The van der Waals surface area contributed by atoms with Crippen LogP contribution in [0.1, 0.15) is 6.92 Å². The van der Waals surface area contributed by atoms with Gasteiger partial charge in [-0.15, -0.1) is 0 Å². The van der Waals surface area contributed by atoms with Crippen molar-refractivity contribution in [2.75, 3.05) is 5.75 Å². The minimum Gasteiger partial charge on any atom is -0.407 e. The summed E-state index contributed by atoms with van der Waals surface area (Å²) in [6.45, 7) is -1.60. The first-order valence-electron chi connectivity index (χ1n) is 6.17. The summed E-state index contributed by atoms with van der Waals surface area (Å²) in [4.78, 5) is 0. The maximum Gasteiger partial charge on any atom is 0.492 e. The van der Waals surface area contributed by atoms with Gasteiger partial charge in [0.15, 0.2) is 0 Å². The molecule has 0 saturated heterocycles. The third kappa shape index (κ3) is 4.58. The van der Waals surface area contributed by atoms with E-state index in [1.54, 1.807) is 48.5 Å². The Morgan fingerprint density at radius 3 is 1.76 bits per heavy atom. The number of para-hydroxylation sites is 2. The Bertz CT molecular complexity index is 615. The lowest BCUT2D eigenvalue weighted by Crippen LogP contribution is -1.99. The molecule has 0 atom stereocenters. The van der Waals surface area contributed by atoms with Gasteiger partial charge in [0, 0.05) is 5.75 Å². The van der Waals surface area contributed by atoms with Crippen LogP contribution in [0.2, 0.25) is 10.0 Å². The zero-order valence-corrected chi connectivity index (χ0v) is 14.4. The topological polar surface area (TPSA) is 35.5 Å². The summed E-state index contributed by atoms with van der Waals surface area (Å²) < 4.78 is 23.9. The van der Waals surface area contributed by atoms with E-state index in [0.29, 0.717) is 27.3 Å². The van der Waals surface area contributed by atoms with Crippen LogP contribution in [-0.2, 0) is 4.57 Å². The van der Waals surface area contributed by atoms with Gasteiger partial charge in [0.25, 0.3) is 0 Å². The van der Waals surface area contributed by atoms with E-state index in [1.807, 2.05) is 6.92 Å². The van der Waals surface area contributed by atoms with Crippen molar-refractivity contribution in [2.45, 2.75) is 6.92 Å². The van der Waals surface area contributed by atoms with Crippen molar-refractivity contribution in [1.29, 1.82) is 0 Å². The van der Waals surface area contributed by atoms with Gasteiger partial charge in [-0.05, 0) is 35.6 Å². The van der Waals surface area contributed by atoms with Crippen molar-refractivity contribution in [3.8, 4) is 11.5 Å². The smallest absolute Gasteiger partial charge is 0.407 e. The fraction of sp³-hybridized carbons (Fsp3) is 0.143. The molecule has 0 spiro atoms. The van der Waals surface area contributed by atoms with Crippen LogP contribution < -0.4 is 9.05 Å². The third-order valence-electron chi connectivity index (χ3n) is 2.38. The molecule has 2 aromatic rings. The summed E-state index contributed by atoms with van der Waals surface area (Å²) in [6.07, 6.45) is 0. The van der Waals surface area contributed by atoms with E-state index in [0.717, 1.165) is 11.4 Å². The number of halogens is 2. The number of hydrogen-bond donors (Lipinski definition) is 0. The van der Waals surface area contributed by atoms with Gasteiger partial charge in [-0.3, -0.25) is 0 Å². The molecule has 2 aromatic carbocycles. The van der Waals surface area contributed by atoms with E-state index >= 15 is 0 Å². The molecule has 0 heterocycles. The van der Waals surface area contributed by atoms with E-state index in [9.17, 15) is 4.57 Å². The Kier molecular flexibility index (Phi) is 5.88. The van der Waals surface area contributed by atoms with Crippen LogP contribution in [0.3, 0.4) is 0 Å². The Balaban J connectivity index is 2.27. The highest BCUT2D eigenvalue weighted by Crippen LogP contribution is 2.60. The number of benzene rings is 2. The predicted molar refractivity (Wildman–Crippen MR) is 89.9 cm³/mol. The molecule has 0 aliphatic rings. The van der Waals surface area contributed by atoms with Crippen molar-refractivity contribution >= 4 is 41.4 Å². The molecule has 0 unspecified atom stereocenters. The first-order valence-corrected chi connectivity index (χ1v) is 10.1. The van der Waals surface area contributed by atoms with Gasteiger partial charge < -0.3 is 9.05 Å². The maximum atomic E-state index is 12.9. The molecule has 21 heavy (non-hydrogen) atoms. The minimum absolute atomic E-state index is 0.315. The SMILES string of the molecule is CCSP(=O)(Oc1ccccc1Cl)Oc1ccccc1Cl. The highest BCUT2D eigenvalue weighted by Gasteiger charge is 2.30. The summed E-state index contributed by atoms with van der Waals surface area (Å²) in [7, 11) is 0. The van der Waals surface area contributed by atoms with Crippen molar-refractivity contribution < 1.29 is 13.6 Å². The van der Waals surface area contributed by atoms with E-state index in [4.69, 9.17) is 32.2 Å². The van der Waals surface area contributed by atoms with Crippen molar-refractivity contribution in [3.63, 3.8) is 0 Å². The average molecular weight is 363 g/mol. The normalized spacial score (nSPS) is 11.2. The van der Waals surface area contributed by atoms with E-state index in [-0.39, 0.29) is 0 Å². The number of hydrogen-bond acceptors (Lipinski definition) is 4. The molecule has 0 saturated carbocycles. The first kappa shape index (κ1) is 16.6. The molecule has 2 rings (SSSR count). The Labute approximate surface area is 137 Å². The second-order valence-corrected chi connectivity index (χ2v) is 8.93. The second kappa shape index (κ2) is 7.46. The summed E-state index contributed by atoms with van der Waals surface area (Å²) in [5, 5.41) is 0.745. The Hall–Kier alpha value is -0.800. The second-order valence-electron chi connectivity index (χ2n) is 3.91. The lowest BCUT2D eigenvalue weighted by atomic mass is 10.3. The van der Waals surface area contributed by atoms with Crippen LogP contribution >= 0.6 is 41.4 Å². The lowest BCUT2D eigenvalue weighted by molar-refractivity contribution is 0.408. The highest BCUT2D eigenvalue weighted by molar-refractivity contribution is 8.55. The molecule has 0 aromatic heterocycles. The Morgan fingerprint density at radius 2 is 1.38 bits per heavy atom.